The van der Waals surface area contributed by atoms with Gasteiger partial charge in [0, 0.05) is 27.4 Å². The molecular formula is C10H7BrCl2. The molecule has 0 bridgehead atoms. The largest absolute Gasteiger partial charge is 0.126 e. The Labute approximate surface area is 96.4 Å². The van der Waals surface area contributed by atoms with Gasteiger partial charge in [0.1, 0.15) is 0 Å². The summed E-state index contributed by atoms with van der Waals surface area (Å²) in [5.41, 5.74) is 0.901. The van der Waals surface area contributed by atoms with Gasteiger partial charge in [0.05, 0.1) is 0 Å². The van der Waals surface area contributed by atoms with Gasteiger partial charge in [0.25, 0.3) is 0 Å². The van der Waals surface area contributed by atoms with E-state index in [1.54, 1.807) is 0 Å². The van der Waals surface area contributed by atoms with Crippen molar-refractivity contribution in [3.63, 3.8) is 0 Å². The lowest BCUT2D eigenvalue weighted by Gasteiger charge is -1.95. The van der Waals surface area contributed by atoms with Crippen molar-refractivity contribution < 1.29 is 0 Å². The maximum Gasteiger partial charge on any atom is 0.0419 e. The van der Waals surface area contributed by atoms with Gasteiger partial charge in [-0.05, 0) is 34.1 Å². The Morgan fingerprint density at radius 3 is 2.85 bits per heavy atom. The highest BCUT2D eigenvalue weighted by molar-refractivity contribution is 9.10. The summed E-state index contributed by atoms with van der Waals surface area (Å²) in [6.07, 6.45) is 0.695. The molecule has 0 aliphatic heterocycles. The molecule has 1 aromatic carbocycles. The summed E-state index contributed by atoms with van der Waals surface area (Å²) in [4.78, 5) is 0. The van der Waals surface area contributed by atoms with E-state index in [9.17, 15) is 0 Å². The van der Waals surface area contributed by atoms with Gasteiger partial charge < -0.3 is 0 Å². The molecule has 0 atom stereocenters. The number of halogens is 3. The van der Waals surface area contributed by atoms with Gasteiger partial charge in [-0.15, -0.1) is 11.6 Å². The molecule has 0 nitrogen and oxygen atoms in total. The normalized spacial score (nSPS) is 9.15. The molecule has 0 fully saturated rings. The first-order valence-electron chi connectivity index (χ1n) is 3.74. The molecule has 1 aromatic rings. The van der Waals surface area contributed by atoms with E-state index in [0.717, 1.165) is 10.0 Å². The Kier molecular flexibility index (Phi) is 4.66. The van der Waals surface area contributed by atoms with E-state index in [1.165, 1.54) is 0 Å². The van der Waals surface area contributed by atoms with E-state index < -0.39 is 0 Å². The van der Waals surface area contributed by atoms with Crippen LogP contribution in [-0.2, 0) is 0 Å². The maximum atomic E-state index is 5.81. The van der Waals surface area contributed by atoms with Crippen LogP contribution in [0.5, 0.6) is 0 Å². The van der Waals surface area contributed by atoms with Crippen molar-refractivity contribution in [2.75, 3.05) is 5.88 Å². The van der Waals surface area contributed by atoms with Crippen molar-refractivity contribution in [3.8, 4) is 11.8 Å². The quantitative estimate of drug-likeness (QED) is 0.536. The first-order chi connectivity index (χ1) is 6.24. The van der Waals surface area contributed by atoms with Crippen LogP contribution in [0.2, 0.25) is 5.02 Å². The third kappa shape index (κ3) is 3.60. The van der Waals surface area contributed by atoms with Gasteiger partial charge in [0.15, 0.2) is 0 Å². The monoisotopic (exact) mass is 276 g/mol. The average Bonchev–Trinajstić information content (AvgIpc) is 2.11. The number of alkyl halides is 1. The molecule has 0 amide bonds. The standard InChI is InChI=1S/C10H7BrCl2/c11-10-5-4-9(13)7-8(10)3-1-2-6-12/h4-5,7H,2,6H2. The predicted octanol–water partition coefficient (Wildman–Crippen LogP) is 4.08. The molecule has 13 heavy (non-hydrogen) atoms. The highest BCUT2D eigenvalue weighted by Gasteiger charge is 1.96. The van der Waals surface area contributed by atoms with E-state index in [2.05, 4.69) is 27.8 Å². The molecular weight excluding hydrogens is 271 g/mol. The van der Waals surface area contributed by atoms with Crippen molar-refractivity contribution in [1.29, 1.82) is 0 Å². The van der Waals surface area contributed by atoms with E-state index in [0.29, 0.717) is 17.3 Å². The second-order valence-corrected chi connectivity index (χ2v) is 4.03. The zero-order chi connectivity index (χ0) is 9.68. The fourth-order valence-corrected chi connectivity index (χ4v) is 1.41. The Balaban J connectivity index is 2.89. The molecule has 3 heteroatoms. The number of hydrogen-bond donors (Lipinski definition) is 0. The minimum atomic E-state index is 0.561. The first kappa shape index (κ1) is 10.9. The van der Waals surface area contributed by atoms with Crippen LogP contribution in [-0.4, -0.2) is 5.88 Å². The van der Waals surface area contributed by atoms with Gasteiger partial charge in [-0.3, -0.25) is 0 Å². The molecule has 0 heterocycles. The molecule has 0 radical (unpaired) electrons. The minimum Gasteiger partial charge on any atom is -0.126 e. The van der Waals surface area contributed by atoms with Crippen LogP contribution in [0.3, 0.4) is 0 Å². The van der Waals surface area contributed by atoms with Crippen LogP contribution >= 0.6 is 39.1 Å². The second-order valence-electron chi connectivity index (χ2n) is 2.36. The van der Waals surface area contributed by atoms with Crippen molar-refractivity contribution in [1.82, 2.24) is 0 Å². The van der Waals surface area contributed by atoms with E-state index in [1.807, 2.05) is 18.2 Å². The summed E-state index contributed by atoms with van der Waals surface area (Å²) >= 11 is 14.7. The van der Waals surface area contributed by atoms with Crippen molar-refractivity contribution in [2.45, 2.75) is 6.42 Å². The third-order valence-electron chi connectivity index (χ3n) is 1.37. The highest BCUT2D eigenvalue weighted by Crippen LogP contribution is 2.19. The summed E-state index contributed by atoms with van der Waals surface area (Å²) in [6.45, 7) is 0. The molecule has 68 valence electrons. The maximum absolute atomic E-state index is 5.81. The smallest absolute Gasteiger partial charge is 0.0419 e. The SMILES string of the molecule is ClCCC#Cc1cc(Cl)ccc1Br. The molecule has 0 aromatic heterocycles. The van der Waals surface area contributed by atoms with Crippen LogP contribution in [0, 0.1) is 11.8 Å². The molecule has 0 aliphatic rings. The van der Waals surface area contributed by atoms with Crippen molar-refractivity contribution in [2.24, 2.45) is 0 Å². The Morgan fingerprint density at radius 2 is 2.15 bits per heavy atom. The lowest BCUT2D eigenvalue weighted by Crippen LogP contribution is -1.77. The third-order valence-corrected chi connectivity index (χ3v) is 2.49. The fourth-order valence-electron chi connectivity index (χ4n) is 0.798. The topological polar surface area (TPSA) is 0 Å². The summed E-state index contributed by atoms with van der Waals surface area (Å²) < 4.78 is 0.957. The molecule has 0 saturated carbocycles. The van der Waals surface area contributed by atoms with Gasteiger partial charge in [-0.1, -0.05) is 23.4 Å². The first-order valence-corrected chi connectivity index (χ1v) is 5.44. The molecule has 0 aliphatic carbocycles. The Bertz CT molecular complexity index is 350. The molecule has 0 spiro atoms. The van der Waals surface area contributed by atoms with E-state index >= 15 is 0 Å². The summed E-state index contributed by atoms with van der Waals surface area (Å²) in [5, 5.41) is 0.693. The number of hydrogen-bond acceptors (Lipinski definition) is 0. The highest BCUT2D eigenvalue weighted by atomic mass is 79.9. The van der Waals surface area contributed by atoms with Crippen molar-refractivity contribution >= 4 is 39.1 Å². The molecule has 0 saturated heterocycles. The summed E-state index contributed by atoms with van der Waals surface area (Å²) in [7, 11) is 0. The zero-order valence-electron chi connectivity index (χ0n) is 6.78. The predicted molar refractivity (Wildman–Crippen MR) is 61.4 cm³/mol. The van der Waals surface area contributed by atoms with Crippen molar-refractivity contribution in [3.05, 3.63) is 33.3 Å². The summed E-state index contributed by atoms with van der Waals surface area (Å²) in [6, 6.07) is 5.53. The Hall–Kier alpha value is -0.160. The van der Waals surface area contributed by atoms with Gasteiger partial charge in [0.2, 0.25) is 0 Å². The molecule has 1 rings (SSSR count). The summed E-state index contributed by atoms with van der Waals surface area (Å²) in [5.74, 6) is 6.50. The Morgan fingerprint density at radius 1 is 1.38 bits per heavy atom. The average molecular weight is 278 g/mol. The van der Waals surface area contributed by atoms with Gasteiger partial charge in [-0.25, -0.2) is 0 Å². The molecule has 0 N–H and O–H groups in total. The minimum absolute atomic E-state index is 0.561. The number of rotatable bonds is 1. The van der Waals surface area contributed by atoms with Crippen LogP contribution < -0.4 is 0 Å². The fraction of sp³-hybridized carbons (Fsp3) is 0.200. The van der Waals surface area contributed by atoms with Crippen LogP contribution in [0.25, 0.3) is 0 Å². The van der Waals surface area contributed by atoms with Crippen LogP contribution in [0.1, 0.15) is 12.0 Å². The lowest BCUT2D eigenvalue weighted by molar-refractivity contribution is 1.29. The van der Waals surface area contributed by atoms with Gasteiger partial charge in [-0.2, -0.15) is 0 Å². The second kappa shape index (κ2) is 5.54. The lowest BCUT2D eigenvalue weighted by atomic mass is 10.2. The van der Waals surface area contributed by atoms with E-state index in [4.69, 9.17) is 23.2 Å². The van der Waals surface area contributed by atoms with E-state index in [-0.39, 0.29) is 0 Å². The van der Waals surface area contributed by atoms with Crippen LogP contribution in [0.15, 0.2) is 22.7 Å². The van der Waals surface area contributed by atoms with Gasteiger partial charge >= 0.3 is 0 Å². The molecule has 0 unspecified atom stereocenters. The number of benzene rings is 1. The van der Waals surface area contributed by atoms with Crippen LogP contribution in [0.4, 0.5) is 0 Å². The zero-order valence-corrected chi connectivity index (χ0v) is 9.88.